The number of nitrogens with one attached hydrogen (secondary N) is 1. The van der Waals surface area contributed by atoms with Crippen LogP contribution in [0.4, 0.5) is 4.79 Å². The predicted molar refractivity (Wildman–Crippen MR) is 71.7 cm³/mol. The molecule has 5 nitrogen and oxygen atoms in total. The number of aliphatic hydroxyl groups excluding tert-OH is 1. The number of ether oxygens (including phenoxy) is 1. The van der Waals surface area contributed by atoms with Gasteiger partial charge in [0.1, 0.15) is 12.7 Å². The third kappa shape index (κ3) is 4.35. The Balaban J connectivity index is 1.70. The molecule has 0 bridgehead atoms. The summed E-state index contributed by atoms with van der Waals surface area (Å²) in [5.41, 5.74) is 2.55. The number of aromatic nitrogens is 1. The predicted octanol–water partition coefficient (Wildman–Crippen LogP) is 2.10. The number of aliphatic hydroxyl groups is 1. The SMILES string of the molecule is O=C(NCC(O)c1cncs1)OCc1ccccc1. The first-order chi connectivity index (χ1) is 9.25. The van der Waals surface area contributed by atoms with Crippen molar-refractivity contribution in [2.75, 3.05) is 6.54 Å². The Morgan fingerprint density at radius 2 is 2.21 bits per heavy atom. The average molecular weight is 278 g/mol. The zero-order valence-corrected chi connectivity index (χ0v) is 11.0. The van der Waals surface area contributed by atoms with Crippen molar-refractivity contribution in [3.8, 4) is 0 Å². The lowest BCUT2D eigenvalue weighted by atomic mass is 10.2. The number of benzene rings is 1. The smallest absolute Gasteiger partial charge is 0.407 e. The maximum atomic E-state index is 11.4. The highest BCUT2D eigenvalue weighted by Gasteiger charge is 2.11. The van der Waals surface area contributed by atoms with Crippen molar-refractivity contribution in [3.05, 3.63) is 52.5 Å². The van der Waals surface area contributed by atoms with Crippen LogP contribution >= 0.6 is 11.3 Å². The Kier molecular flexibility index (Phi) is 4.88. The summed E-state index contributed by atoms with van der Waals surface area (Å²) < 4.78 is 5.02. The summed E-state index contributed by atoms with van der Waals surface area (Å²) in [5.74, 6) is 0. The summed E-state index contributed by atoms with van der Waals surface area (Å²) in [6.07, 6.45) is 0.274. The molecule has 0 radical (unpaired) electrons. The van der Waals surface area contributed by atoms with Crippen molar-refractivity contribution in [1.29, 1.82) is 0 Å². The van der Waals surface area contributed by atoms with E-state index in [0.29, 0.717) is 4.88 Å². The number of amides is 1. The fourth-order valence-electron chi connectivity index (χ4n) is 1.44. The van der Waals surface area contributed by atoms with Gasteiger partial charge < -0.3 is 15.2 Å². The van der Waals surface area contributed by atoms with Gasteiger partial charge >= 0.3 is 6.09 Å². The van der Waals surface area contributed by atoms with Crippen LogP contribution in [0.1, 0.15) is 16.5 Å². The Hall–Kier alpha value is -1.92. The van der Waals surface area contributed by atoms with Crippen LogP contribution in [-0.4, -0.2) is 22.7 Å². The van der Waals surface area contributed by atoms with Gasteiger partial charge in [0.2, 0.25) is 0 Å². The third-order valence-electron chi connectivity index (χ3n) is 2.43. The van der Waals surface area contributed by atoms with Crippen molar-refractivity contribution in [1.82, 2.24) is 10.3 Å². The van der Waals surface area contributed by atoms with Crippen LogP contribution in [0.3, 0.4) is 0 Å². The second-order valence-electron chi connectivity index (χ2n) is 3.86. The Morgan fingerprint density at radius 3 is 2.89 bits per heavy atom. The topological polar surface area (TPSA) is 71.5 Å². The number of thiazole rings is 1. The van der Waals surface area contributed by atoms with Gasteiger partial charge in [-0.15, -0.1) is 11.3 Å². The standard InChI is InChI=1S/C13H14N2O3S/c16-11(12-7-14-9-19-12)6-15-13(17)18-8-10-4-2-1-3-5-10/h1-5,7,9,11,16H,6,8H2,(H,15,17). The van der Waals surface area contributed by atoms with E-state index in [1.54, 1.807) is 11.7 Å². The minimum atomic E-state index is -0.753. The van der Waals surface area contributed by atoms with Crippen molar-refractivity contribution in [2.45, 2.75) is 12.7 Å². The van der Waals surface area contributed by atoms with E-state index >= 15 is 0 Å². The molecule has 0 aliphatic heterocycles. The molecule has 1 amide bonds. The molecule has 0 saturated heterocycles. The van der Waals surface area contributed by atoms with Crippen LogP contribution in [-0.2, 0) is 11.3 Å². The molecular formula is C13H14N2O3S. The lowest BCUT2D eigenvalue weighted by molar-refractivity contribution is 0.126. The molecule has 19 heavy (non-hydrogen) atoms. The molecule has 1 heterocycles. The molecule has 0 spiro atoms. The molecule has 2 aromatic rings. The van der Waals surface area contributed by atoms with Crippen LogP contribution in [0, 0.1) is 0 Å². The average Bonchev–Trinajstić information content (AvgIpc) is 2.98. The van der Waals surface area contributed by atoms with Gasteiger partial charge in [-0.2, -0.15) is 0 Å². The molecule has 6 heteroatoms. The van der Waals surface area contributed by atoms with Gasteiger partial charge in [-0.1, -0.05) is 30.3 Å². The molecule has 0 saturated carbocycles. The number of nitrogens with zero attached hydrogens (tertiary/aromatic N) is 1. The summed E-state index contributed by atoms with van der Waals surface area (Å²) in [6.45, 7) is 0.319. The normalized spacial score (nSPS) is 11.8. The minimum Gasteiger partial charge on any atom is -0.445 e. The monoisotopic (exact) mass is 278 g/mol. The summed E-state index contributed by atoms with van der Waals surface area (Å²) in [5, 5.41) is 12.3. The van der Waals surface area contributed by atoms with Gasteiger partial charge in [0.25, 0.3) is 0 Å². The van der Waals surface area contributed by atoms with Crippen LogP contribution in [0.2, 0.25) is 0 Å². The summed E-state index contributed by atoms with van der Waals surface area (Å²) in [7, 11) is 0. The lowest BCUT2D eigenvalue weighted by Gasteiger charge is -2.10. The van der Waals surface area contributed by atoms with Crippen LogP contribution < -0.4 is 5.32 Å². The molecule has 0 fully saturated rings. The van der Waals surface area contributed by atoms with E-state index in [0.717, 1.165) is 5.56 Å². The van der Waals surface area contributed by atoms with E-state index in [-0.39, 0.29) is 13.2 Å². The van der Waals surface area contributed by atoms with Gasteiger partial charge in [0.05, 0.1) is 16.9 Å². The first-order valence-electron chi connectivity index (χ1n) is 5.76. The van der Waals surface area contributed by atoms with Crippen molar-refractivity contribution in [3.63, 3.8) is 0 Å². The van der Waals surface area contributed by atoms with Crippen molar-refractivity contribution >= 4 is 17.4 Å². The molecule has 100 valence electrons. The van der Waals surface area contributed by atoms with E-state index in [2.05, 4.69) is 10.3 Å². The number of hydrogen-bond acceptors (Lipinski definition) is 5. The molecule has 1 unspecified atom stereocenters. The summed E-state index contributed by atoms with van der Waals surface area (Å²) in [6, 6.07) is 9.40. The maximum Gasteiger partial charge on any atom is 0.407 e. The second-order valence-corrected chi connectivity index (χ2v) is 4.78. The number of carbonyl (C=O) groups is 1. The van der Waals surface area contributed by atoms with Gasteiger partial charge in [0.15, 0.2) is 0 Å². The van der Waals surface area contributed by atoms with Gasteiger partial charge in [-0.05, 0) is 5.56 Å². The fourth-order valence-corrected chi connectivity index (χ4v) is 2.05. The Labute approximate surface area is 114 Å². The number of rotatable bonds is 5. The van der Waals surface area contributed by atoms with Gasteiger partial charge in [0, 0.05) is 6.20 Å². The van der Waals surface area contributed by atoms with Crippen molar-refractivity contribution in [2.24, 2.45) is 0 Å². The highest BCUT2D eigenvalue weighted by molar-refractivity contribution is 7.09. The largest absolute Gasteiger partial charge is 0.445 e. The Bertz CT molecular complexity index is 502. The summed E-state index contributed by atoms with van der Waals surface area (Å²) >= 11 is 1.34. The number of alkyl carbamates (subject to hydrolysis) is 1. The van der Waals surface area contributed by atoms with E-state index < -0.39 is 12.2 Å². The molecule has 1 atom stereocenters. The summed E-state index contributed by atoms with van der Waals surface area (Å²) in [4.78, 5) is 16.0. The van der Waals surface area contributed by atoms with Gasteiger partial charge in [-0.3, -0.25) is 4.98 Å². The molecule has 0 aliphatic carbocycles. The molecule has 1 aromatic carbocycles. The lowest BCUT2D eigenvalue weighted by Crippen LogP contribution is -2.28. The third-order valence-corrected chi connectivity index (χ3v) is 3.31. The van der Waals surface area contributed by atoms with E-state index in [1.165, 1.54) is 11.3 Å². The Morgan fingerprint density at radius 1 is 1.42 bits per heavy atom. The molecule has 1 aromatic heterocycles. The first-order valence-corrected chi connectivity index (χ1v) is 6.64. The number of hydrogen-bond donors (Lipinski definition) is 2. The highest BCUT2D eigenvalue weighted by atomic mass is 32.1. The second kappa shape index (κ2) is 6.86. The van der Waals surface area contributed by atoms with E-state index in [9.17, 15) is 9.90 Å². The van der Waals surface area contributed by atoms with Crippen LogP contribution in [0.25, 0.3) is 0 Å². The van der Waals surface area contributed by atoms with E-state index in [1.807, 2.05) is 30.3 Å². The van der Waals surface area contributed by atoms with Crippen LogP contribution in [0.5, 0.6) is 0 Å². The first kappa shape index (κ1) is 13.5. The molecule has 0 aliphatic rings. The fraction of sp³-hybridized carbons (Fsp3) is 0.231. The quantitative estimate of drug-likeness (QED) is 0.878. The highest BCUT2D eigenvalue weighted by Crippen LogP contribution is 2.15. The zero-order valence-electron chi connectivity index (χ0n) is 10.2. The van der Waals surface area contributed by atoms with Crippen LogP contribution in [0.15, 0.2) is 42.0 Å². The zero-order chi connectivity index (χ0) is 13.5. The van der Waals surface area contributed by atoms with Gasteiger partial charge in [-0.25, -0.2) is 4.79 Å². The van der Waals surface area contributed by atoms with E-state index in [4.69, 9.17) is 4.74 Å². The molecular weight excluding hydrogens is 264 g/mol. The maximum absolute atomic E-state index is 11.4. The minimum absolute atomic E-state index is 0.107. The van der Waals surface area contributed by atoms with Crippen molar-refractivity contribution < 1.29 is 14.6 Å². The molecule has 2 rings (SSSR count). The molecule has 2 N–H and O–H groups in total. The number of carbonyl (C=O) groups excluding carboxylic acids is 1.